The van der Waals surface area contributed by atoms with Crippen LogP contribution >= 0.6 is 11.8 Å². The van der Waals surface area contributed by atoms with Crippen molar-refractivity contribution in [1.82, 2.24) is 19.9 Å². The lowest BCUT2D eigenvalue weighted by Gasteiger charge is -2.19. The fourth-order valence-corrected chi connectivity index (χ4v) is 6.92. The van der Waals surface area contributed by atoms with Gasteiger partial charge in [0.05, 0.1) is 17.6 Å². The highest BCUT2D eigenvalue weighted by molar-refractivity contribution is 7.99. The molecule has 0 spiro atoms. The van der Waals surface area contributed by atoms with Crippen molar-refractivity contribution in [2.75, 3.05) is 23.4 Å². The number of thiol groups is 1. The van der Waals surface area contributed by atoms with E-state index >= 15 is 0 Å². The third kappa shape index (κ3) is 5.65. The molecule has 8 heteroatoms. The van der Waals surface area contributed by atoms with Crippen LogP contribution in [0.25, 0.3) is 16.9 Å². The molecule has 1 aliphatic heterocycles. The Bertz CT molecular complexity index is 1410. The number of amides is 1. The number of carbonyl (C=O) groups is 1. The third-order valence-electron chi connectivity index (χ3n) is 7.06. The van der Waals surface area contributed by atoms with Crippen molar-refractivity contribution in [3.8, 4) is 11.3 Å². The smallest absolute Gasteiger partial charge is 0.251 e. The number of aryl methyl sites for hydroxylation is 1. The highest BCUT2D eigenvalue weighted by Crippen LogP contribution is 2.32. The van der Waals surface area contributed by atoms with Crippen LogP contribution in [0.1, 0.15) is 41.6 Å². The van der Waals surface area contributed by atoms with Gasteiger partial charge in [0.15, 0.2) is 5.65 Å². The zero-order valence-corrected chi connectivity index (χ0v) is 22.7. The topological polar surface area (TPSA) is 71.3 Å². The Morgan fingerprint density at radius 1 is 1.08 bits per heavy atom. The van der Waals surface area contributed by atoms with Crippen molar-refractivity contribution in [3.63, 3.8) is 0 Å². The number of fused-ring (bicyclic) bond motifs is 1. The molecule has 1 saturated heterocycles. The molecule has 0 radical (unpaired) electrons. The normalized spacial score (nSPS) is 16.1. The number of carbonyl (C=O) groups excluding carboxylic acids is 1. The minimum absolute atomic E-state index is 0.0121. The predicted molar refractivity (Wildman–Crippen MR) is 154 cm³/mol. The van der Waals surface area contributed by atoms with E-state index in [0.29, 0.717) is 12.0 Å². The van der Waals surface area contributed by atoms with Crippen molar-refractivity contribution >= 4 is 40.8 Å². The number of imidazole rings is 1. The van der Waals surface area contributed by atoms with Crippen LogP contribution in [0.3, 0.4) is 0 Å². The summed E-state index contributed by atoms with van der Waals surface area (Å²) >= 11 is 3.24. The summed E-state index contributed by atoms with van der Waals surface area (Å²) in [7, 11) is 0. The standard InChI is InChI=1S/C29H31N5OS2/c1-19-15-21(7-10-24(19)29(35)32-22-8-9-22)26-18-31-28-25(30-17-20-11-13-36-14-12-20)16-27(33-34(26)28)37-23-5-3-2-4-6-23/h2-7,10,15-16,18,20,22,30H,8-9,11-14,17H2,1H3,(H,32,35)/p+1. The second-order valence-corrected chi connectivity index (χ2v) is 12.4. The van der Waals surface area contributed by atoms with Gasteiger partial charge in [-0.2, -0.15) is 5.10 Å². The molecule has 0 bridgehead atoms. The van der Waals surface area contributed by atoms with Gasteiger partial charge in [-0.25, -0.2) is 9.50 Å². The maximum absolute atomic E-state index is 12.6. The van der Waals surface area contributed by atoms with Gasteiger partial charge in [0.25, 0.3) is 5.91 Å². The molecule has 0 atom stereocenters. The lowest BCUT2D eigenvalue weighted by Crippen LogP contribution is -2.26. The lowest BCUT2D eigenvalue weighted by molar-refractivity contribution is 0.0950. The van der Waals surface area contributed by atoms with Gasteiger partial charge in [-0.15, -0.1) is 0 Å². The molecule has 6 nitrogen and oxygen atoms in total. The van der Waals surface area contributed by atoms with Gasteiger partial charge < -0.3 is 10.6 Å². The third-order valence-corrected chi connectivity index (χ3v) is 9.13. The van der Waals surface area contributed by atoms with E-state index < -0.39 is 0 Å². The Morgan fingerprint density at radius 3 is 2.65 bits per heavy atom. The minimum Gasteiger partial charge on any atom is -0.382 e. The molecule has 2 N–H and O–H groups in total. The molecule has 2 aliphatic rings. The molecule has 190 valence electrons. The van der Waals surface area contributed by atoms with Crippen LogP contribution in [0.4, 0.5) is 5.69 Å². The van der Waals surface area contributed by atoms with Crippen molar-refractivity contribution < 1.29 is 4.79 Å². The maximum Gasteiger partial charge on any atom is 0.251 e. The summed E-state index contributed by atoms with van der Waals surface area (Å²) in [6.45, 7) is 2.95. The molecule has 2 fully saturated rings. The Morgan fingerprint density at radius 2 is 1.89 bits per heavy atom. The molecule has 1 amide bonds. The second kappa shape index (κ2) is 10.8. The number of aromatic nitrogens is 3. The van der Waals surface area contributed by atoms with Crippen molar-refractivity contribution in [3.05, 3.63) is 71.9 Å². The highest BCUT2D eigenvalue weighted by atomic mass is 32.2. The molecule has 37 heavy (non-hydrogen) atoms. The Kier molecular flexibility index (Phi) is 7.11. The quantitative estimate of drug-likeness (QED) is 0.236. The number of hydrogen-bond donors (Lipinski definition) is 2. The van der Waals surface area contributed by atoms with Crippen LogP contribution in [0.2, 0.25) is 0 Å². The van der Waals surface area contributed by atoms with E-state index in [2.05, 4.69) is 47.0 Å². The molecule has 2 aromatic carbocycles. The summed E-state index contributed by atoms with van der Waals surface area (Å²) in [6.07, 6.45) is 6.61. The number of hydrogen-bond acceptors (Lipinski definition) is 5. The molecule has 0 unspecified atom stereocenters. The van der Waals surface area contributed by atoms with Gasteiger partial charge in [0.2, 0.25) is 0 Å². The summed E-state index contributed by atoms with van der Waals surface area (Å²) in [5, 5.41) is 12.7. The largest absolute Gasteiger partial charge is 0.382 e. The van der Waals surface area contributed by atoms with Crippen LogP contribution in [-0.4, -0.2) is 44.6 Å². The van der Waals surface area contributed by atoms with Gasteiger partial charge in [-0.1, -0.05) is 36.0 Å². The van der Waals surface area contributed by atoms with E-state index in [1.54, 1.807) is 23.5 Å². The monoisotopic (exact) mass is 530 g/mol. The van der Waals surface area contributed by atoms with Gasteiger partial charge in [0.1, 0.15) is 16.5 Å². The number of nitrogens with zero attached hydrogens (tertiary/aromatic N) is 3. The molecule has 1 saturated carbocycles. The van der Waals surface area contributed by atoms with E-state index in [-0.39, 0.29) is 5.91 Å². The van der Waals surface area contributed by atoms with Crippen LogP contribution in [0, 0.1) is 12.8 Å². The van der Waals surface area contributed by atoms with E-state index in [1.165, 1.54) is 24.3 Å². The SMILES string of the molecule is Cc1cc(-c2cnc3c(NCC4CC[SH+]CC4)cc(Sc4ccccc4)nn23)ccc1C(=O)NC1CC1. The summed E-state index contributed by atoms with van der Waals surface area (Å²) in [6, 6.07) is 18.8. The number of rotatable bonds is 8. The average Bonchev–Trinajstić information content (AvgIpc) is 3.63. The Labute approximate surface area is 226 Å². The zero-order chi connectivity index (χ0) is 25.2. The van der Waals surface area contributed by atoms with E-state index in [0.717, 1.165) is 63.0 Å². The average molecular weight is 531 g/mol. The fourth-order valence-electron chi connectivity index (χ4n) is 4.76. The van der Waals surface area contributed by atoms with Crippen molar-refractivity contribution in [1.29, 1.82) is 0 Å². The van der Waals surface area contributed by atoms with Crippen molar-refractivity contribution in [2.45, 2.75) is 48.6 Å². The first-order valence-electron chi connectivity index (χ1n) is 13.0. The highest BCUT2D eigenvalue weighted by Gasteiger charge is 2.25. The number of benzene rings is 2. The molecular weight excluding hydrogens is 498 g/mol. The molecular formula is C29H32N5OS2+. The van der Waals surface area contributed by atoms with Crippen LogP contribution in [-0.2, 0) is 11.8 Å². The first-order chi connectivity index (χ1) is 18.1. The molecule has 6 rings (SSSR count). The summed E-state index contributed by atoms with van der Waals surface area (Å²) in [5.41, 5.74) is 5.44. The van der Waals surface area contributed by atoms with Gasteiger partial charge in [-0.05, 0) is 86.2 Å². The van der Waals surface area contributed by atoms with E-state index in [4.69, 9.17) is 10.1 Å². The summed E-state index contributed by atoms with van der Waals surface area (Å²) in [5.74, 6) is 3.31. The van der Waals surface area contributed by atoms with Crippen molar-refractivity contribution in [2.24, 2.45) is 5.92 Å². The molecule has 2 aromatic heterocycles. The van der Waals surface area contributed by atoms with E-state index in [9.17, 15) is 4.79 Å². The number of nitrogens with one attached hydrogen (secondary N) is 2. The molecule has 4 aromatic rings. The van der Waals surface area contributed by atoms with Gasteiger partial charge in [-0.3, -0.25) is 4.79 Å². The minimum atomic E-state index is 0.0121. The van der Waals surface area contributed by atoms with Gasteiger partial charge in [0, 0.05) is 28.6 Å². The molecule has 3 heterocycles. The lowest BCUT2D eigenvalue weighted by atomic mass is 10.0. The first-order valence-corrected chi connectivity index (χ1v) is 15.1. The van der Waals surface area contributed by atoms with Gasteiger partial charge >= 0.3 is 0 Å². The summed E-state index contributed by atoms with van der Waals surface area (Å²) < 4.78 is 1.95. The second-order valence-electron chi connectivity index (χ2n) is 9.96. The summed E-state index contributed by atoms with van der Waals surface area (Å²) in [4.78, 5) is 18.6. The Hall–Kier alpha value is -2.97. The Balaban J connectivity index is 1.34. The molecule has 1 aliphatic carbocycles. The van der Waals surface area contributed by atoms with E-state index in [1.807, 2.05) is 35.8 Å². The fraction of sp³-hybridized carbons (Fsp3) is 0.345. The maximum atomic E-state index is 12.6. The number of anilines is 1. The first kappa shape index (κ1) is 24.4. The van der Waals surface area contributed by atoms with Crippen LogP contribution in [0.5, 0.6) is 0 Å². The predicted octanol–water partition coefficient (Wildman–Crippen LogP) is 5.38. The van der Waals surface area contributed by atoms with Crippen LogP contribution in [0.15, 0.2) is 70.7 Å². The zero-order valence-electron chi connectivity index (χ0n) is 21.0. The van der Waals surface area contributed by atoms with Crippen LogP contribution < -0.4 is 10.6 Å².